The maximum Gasteiger partial charge on any atom is 0.417 e. The second kappa shape index (κ2) is 9.17. The largest absolute Gasteiger partial charge is 0.506 e. The van der Waals surface area contributed by atoms with Crippen molar-refractivity contribution in [2.24, 2.45) is 0 Å². The molecule has 35 heavy (non-hydrogen) atoms. The minimum Gasteiger partial charge on any atom is -0.506 e. The molecule has 0 aliphatic carbocycles. The van der Waals surface area contributed by atoms with Crippen LogP contribution < -0.4 is 5.56 Å². The zero-order valence-corrected chi connectivity index (χ0v) is 18.9. The molecule has 4 rings (SSSR count). The fourth-order valence-corrected chi connectivity index (χ4v) is 4.66. The summed E-state index contributed by atoms with van der Waals surface area (Å²) in [4.78, 5) is 13.8. The van der Waals surface area contributed by atoms with Gasteiger partial charge in [0.05, 0.1) is 27.7 Å². The summed E-state index contributed by atoms with van der Waals surface area (Å²) in [6.07, 6.45) is -5.00. The number of thiophene rings is 1. The molecule has 0 saturated heterocycles. The average molecular weight is 523 g/mol. The standard InChI is InChI=1S/C24H12ClF5N2O2S/c25-17-7-12(2-4-20(17)33)21-5-6-22(35-21)19-9-16(24(28,29)30)15(10-31)23(34)32(19)11-13-1-3-14(26)8-18(13)27/h1-9,33H,11H2. The molecule has 2 heterocycles. The van der Waals surface area contributed by atoms with Gasteiger partial charge in [-0.3, -0.25) is 4.79 Å². The monoisotopic (exact) mass is 522 g/mol. The third-order valence-corrected chi connectivity index (χ3v) is 6.61. The molecule has 0 atom stereocenters. The van der Waals surface area contributed by atoms with E-state index in [0.717, 1.165) is 28.0 Å². The van der Waals surface area contributed by atoms with E-state index in [9.17, 15) is 37.1 Å². The van der Waals surface area contributed by atoms with E-state index < -0.39 is 41.0 Å². The highest BCUT2D eigenvalue weighted by Gasteiger charge is 2.36. The number of alkyl halides is 3. The van der Waals surface area contributed by atoms with Gasteiger partial charge in [-0.25, -0.2) is 8.78 Å². The SMILES string of the molecule is N#Cc1c(C(F)(F)F)cc(-c2ccc(-c3ccc(O)c(Cl)c3)s2)n(Cc2ccc(F)cc2F)c1=O. The molecule has 0 fully saturated rings. The van der Waals surface area contributed by atoms with E-state index >= 15 is 0 Å². The third-order valence-electron chi connectivity index (χ3n) is 5.15. The zero-order valence-electron chi connectivity index (χ0n) is 17.3. The van der Waals surface area contributed by atoms with Crippen LogP contribution in [0.4, 0.5) is 22.0 Å². The molecule has 4 nitrogen and oxygen atoms in total. The number of hydrogen-bond donors (Lipinski definition) is 1. The Bertz CT molecular complexity index is 1550. The maximum absolute atomic E-state index is 14.3. The lowest BCUT2D eigenvalue weighted by molar-refractivity contribution is -0.137. The highest BCUT2D eigenvalue weighted by Crippen LogP contribution is 2.39. The summed E-state index contributed by atoms with van der Waals surface area (Å²) < 4.78 is 69.6. The van der Waals surface area contributed by atoms with Crippen molar-refractivity contribution in [3.05, 3.63) is 98.3 Å². The van der Waals surface area contributed by atoms with Crippen LogP contribution in [0.3, 0.4) is 0 Å². The van der Waals surface area contributed by atoms with Crippen molar-refractivity contribution in [2.45, 2.75) is 12.7 Å². The van der Waals surface area contributed by atoms with E-state index in [1.807, 2.05) is 0 Å². The summed E-state index contributed by atoms with van der Waals surface area (Å²) in [5, 5.41) is 19.0. The molecule has 0 aliphatic heterocycles. The Morgan fingerprint density at radius 2 is 1.74 bits per heavy atom. The van der Waals surface area contributed by atoms with Crippen LogP contribution in [0.5, 0.6) is 5.75 Å². The normalized spacial score (nSPS) is 11.5. The van der Waals surface area contributed by atoms with Gasteiger partial charge in [0, 0.05) is 16.5 Å². The Morgan fingerprint density at radius 1 is 1.03 bits per heavy atom. The number of nitriles is 1. The summed E-state index contributed by atoms with van der Waals surface area (Å²) >= 11 is 6.97. The Morgan fingerprint density at radius 3 is 2.37 bits per heavy atom. The molecule has 2 aromatic carbocycles. The van der Waals surface area contributed by atoms with E-state index in [4.69, 9.17) is 11.6 Å². The molecule has 1 N–H and O–H groups in total. The van der Waals surface area contributed by atoms with Crippen molar-refractivity contribution in [1.82, 2.24) is 4.57 Å². The third kappa shape index (κ3) is 4.78. The van der Waals surface area contributed by atoms with Gasteiger partial charge >= 0.3 is 6.18 Å². The second-order valence-electron chi connectivity index (χ2n) is 7.38. The maximum atomic E-state index is 14.3. The topological polar surface area (TPSA) is 66.0 Å². The van der Waals surface area contributed by atoms with Crippen LogP contribution in [-0.2, 0) is 12.7 Å². The number of benzene rings is 2. The summed E-state index contributed by atoms with van der Waals surface area (Å²) in [5.41, 5.74) is -3.60. The van der Waals surface area contributed by atoms with Crippen LogP contribution in [0.25, 0.3) is 21.0 Å². The van der Waals surface area contributed by atoms with Crippen LogP contribution >= 0.6 is 22.9 Å². The molecule has 11 heteroatoms. The van der Waals surface area contributed by atoms with Crippen molar-refractivity contribution >= 4 is 22.9 Å². The Balaban J connectivity index is 1.93. The minimum atomic E-state index is -5.00. The Labute approximate surface area is 203 Å². The minimum absolute atomic E-state index is 0.0684. The molecule has 0 bridgehead atoms. The summed E-state index contributed by atoms with van der Waals surface area (Å²) in [6, 6.07) is 12.0. The van der Waals surface area contributed by atoms with E-state index in [-0.39, 0.29) is 26.9 Å². The molecule has 0 saturated carbocycles. The summed E-state index contributed by atoms with van der Waals surface area (Å²) in [6.45, 7) is -0.536. The number of phenols is 1. The van der Waals surface area contributed by atoms with Crippen molar-refractivity contribution in [3.63, 3.8) is 0 Å². The number of aromatic nitrogens is 1. The first-order valence-electron chi connectivity index (χ1n) is 9.77. The number of rotatable bonds is 4. The lowest BCUT2D eigenvalue weighted by Gasteiger charge is -2.17. The van der Waals surface area contributed by atoms with Crippen LogP contribution in [-0.4, -0.2) is 9.67 Å². The number of hydrogen-bond acceptors (Lipinski definition) is 4. The average Bonchev–Trinajstić information content (AvgIpc) is 3.27. The molecule has 2 aromatic heterocycles. The summed E-state index contributed by atoms with van der Waals surface area (Å²) in [5.74, 6) is -2.00. The van der Waals surface area contributed by atoms with Crippen molar-refractivity contribution < 1.29 is 27.1 Å². The molecule has 0 aliphatic rings. The van der Waals surface area contributed by atoms with Gasteiger partial charge in [-0.2, -0.15) is 18.4 Å². The van der Waals surface area contributed by atoms with Crippen molar-refractivity contribution in [3.8, 4) is 32.8 Å². The quantitative estimate of drug-likeness (QED) is 0.299. The molecular weight excluding hydrogens is 511 g/mol. The zero-order chi connectivity index (χ0) is 25.5. The smallest absolute Gasteiger partial charge is 0.417 e. The van der Waals surface area contributed by atoms with Gasteiger partial charge in [-0.05, 0) is 48.0 Å². The van der Waals surface area contributed by atoms with Crippen molar-refractivity contribution in [1.29, 1.82) is 5.26 Å². The fourth-order valence-electron chi connectivity index (χ4n) is 3.45. The van der Waals surface area contributed by atoms with Crippen LogP contribution in [0.1, 0.15) is 16.7 Å². The lowest BCUT2D eigenvalue weighted by Crippen LogP contribution is -2.28. The Hall–Kier alpha value is -3.68. The van der Waals surface area contributed by atoms with E-state index in [2.05, 4.69) is 0 Å². The Kier molecular flexibility index (Phi) is 6.40. The number of halogens is 6. The van der Waals surface area contributed by atoms with Crippen LogP contribution in [0.2, 0.25) is 5.02 Å². The van der Waals surface area contributed by atoms with Gasteiger partial charge in [0.25, 0.3) is 5.56 Å². The number of phenolic OH excluding ortho intramolecular Hbond substituents is 1. The number of nitrogens with zero attached hydrogens (tertiary/aromatic N) is 2. The molecule has 178 valence electrons. The van der Waals surface area contributed by atoms with Gasteiger partial charge < -0.3 is 9.67 Å². The first-order chi connectivity index (χ1) is 16.5. The fraction of sp³-hybridized carbons (Fsp3) is 0.0833. The van der Waals surface area contributed by atoms with Gasteiger partial charge in [0.2, 0.25) is 0 Å². The molecule has 0 unspecified atom stereocenters. The first kappa shape index (κ1) is 24.4. The van der Waals surface area contributed by atoms with E-state index in [1.165, 1.54) is 24.3 Å². The van der Waals surface area contributed by atoms with E-state index in [0.29, 0.717) is 22.6 Å². The molecule has 4 aromatic rings. The number of aromatic hydroxyl groups is 1. The second-order valence-corrected chi connectivity index (χ2v) is 8.88. The van der Waals surface area contributed by atoms with Gasteiger partial charge in [-0.1, -0.05) is 17.7 Å². The van der Waals surface area contributed by atoms with E-state index in [1.54, 1.807) is 12.1 Å². The van der Waals surface area contributed by atoms with Crippen LogP contribution in [0, 0.1) is 23.0 Å². The molecule has 0 amide bonds. The highest BCUT2D eigenvalue weighted by atomic mass is 35.5. The first-order valence-corrected chi connectivity index (χ1v) is 11.0. The van der Waals surface area contributed by atoms with Gasteiger partial charge in [0.1, 0.15) is 29.0 Å². The molecule has 0 spiro atoms. The van der Waals surface area contributed by atoms with Gasteiger partial charge in [0.15, 0.2) is 0 Å². The van der Waals surface area contributed by atoms with Gasteiger partial charge in [-0.15, -0.1) is 11.3 Å². The van der Waals surface area contributed by atoms with Crippen molar-refractivity contribution in [2.75, 3.05) is 0 Å². The van der Waals surface area contributed by atoms with Crippen LogP contribution in [0.15, 0.2) is 59.4 Å². The molecule has 0 radical (unpaired) electrons. The number of pyridine rings is 1. The predicted octanol–water partition coefficient (Wildman–Crippen LogP) is 6.82. The highest BCUT2D eigenvalue weighted by molar-refractivity contribution is 7.18. The lowest BCUT2D eigenvalue weighted by atomic mass is 10.1. The predicted molar refractivity (Wildman–Crippen MR) is 121 cm³/mol. The summed E-state index contributed by atoms with van der Waals surface area (Å²) in [7, 11) is 0. The molecular formula is C24H12ClF5N2O2S.